The largest absolute Gasteiger partial charge is 0.457 e. The Kier molecular flexibility index (Phi) is 4.24. The highest BCUT2D eigenvalue weighted by molar-refractivity contribution is 5.45. The number of nitrogens with zero attached hydrogens (tertiary/aromatic N) is 2. The minimum Gasteiger partial charge on any atom is -0.457 e. The molecule has 0 radical (unpaired) electrons. The van der Waals surface area contributed by atoms with E-state index in [1.165, 1.54) is 6.07 Å². The van der Waals surface area contributed by atoms with E-state index in [1.807, 2.05) is 13.0 Å². The van der Waals surface area contributed by atoms with Gasteiger partial charge in [0.15, 0.2) is 0 Å². The molecule has 0 spiro atoms. The van der Waals surface area contributed by atoms with Gasteiger partial charge in [0.2, 0.25) is 0 Å². The first-order valence-corrected chi connectivity index (χ1v) is 7.38. The van der Waals surface area contributed by atoms with Gasteiger partial charge < -0.3 is 14.4 Å². The van der Waals surface area contributed by atoms with E-state index in [-0.39, 0.29) is 11.9 Å². The smallest absolute Gasteiger partial charge is 0.132 e. The summed E-state index contributed by atoms with van der Waals surface area (Å²) in [7, 11) is 0. The van der Waals surface area contributed by atoms with Gasteiger partial charge in [-0.3, -0.25) is 0 Å². The molecule has 4 nitrogen and oxygen atoms in total. The van der Waals surface area contributed by atoms with Gasteiger partial charge in [-0.15, -0.1) is 0 Å². The Morgan fingerprint density at radius 2 is 2.09 bits per heavy atom. The van der Waals surface area contributed by atoms with Gasteiger partial charge in [0.05, 0.1) is 12.7 Å². The summed E-state index contributed by atoms with van der Waals surface area (Å²) in [6.07, 6.45) is 1.89. The van der Waals surface area contributed by atoms with Crippen molar-refractivity contribution in [3.63, 3.8) is 0 Å². The molecule has 22 heavy (non-hydrogen) atoms. The number of aromatic nitrogens is 1. The molecule has 3 rings (SSSR count). The molecule has 0 aliphatic carbocycles. The van der Waals surface area contributed by atoms with Gasteiger partial charge in [-0.05, 0) is 31.5 Å². The summed E-state index contributed by atoms with van der Waals surface area (Å²) in [4.78, 5) is 6.55. The molecule has 0 bridgehead atoms. The average Bonchev–Trinajstić information content (AvgIpc) is 2.51. The highest BCUT2D eigenvalue weighted by atomic mass is 19.1. The van der Waals surface area contributed by atoms with Gasteiger partial charge in [-0.2, -0.15) is 0 Å². The number of halogens is 1. The van der Waals surface area contributed by atoms with Crippen LogP contribution < -0.4 is 9.64 Å². The Bertz CT molecular complexity index is 663. The maximum Gasteiger partial charge on any atom is 0.132 e. The number of morpholine rings is 1. The number of aryl methyl sites for hydroxylation is 1. The molecule has 0 saturated carbocycles. The SMILES string of the molecule is Cc1ccc(Oc2ccnc(N3CCOC(C)C3)c2)cc1F. The van der Waals surface area contributed by atoms with Crippen LogP contribution in [0.25, 0.3) is 0 Å². The number of anilines is 1. The second-order valence-electron chi connectivity index (χ2n) is 5.49. The molecule has 1 unspecified atom stereocenters. The first-order chi connectivity index (χ1) is 10.6. The van der Waals surface area contributed by atoms with Gasteiger partial charge in [0, 0.05) is 31.4 Å². The van der Waals surface area contributed by atoms with Crippen molar-refractivity contribution in [2.24, 2.45) is 0 Å². The zero-order valence-corrected chi connectivity index (χ0v) is 12.8. The van der Waals surface area contributed by atoms with Gasteiger partial charge in [0.25, 0.3) is 0 Å². The summed E-state index contributed by atoms with van der Waals surface area (Å²) in [5.41, 5.74) is 0.602. The summed E-state index contributed by atoms with van der Waals surface area (Å²) < 4.78 is 24.9. The molecule has 1 aromatic heterocycles. The first kappa shape index (κ1) is 14.8. The summed E-state index contributed by atoms with van der Waals surface area (Å²) >= 11 is 0. The van der Waals surface area contributed by atoms with E-state index in [9.17, 15) is 4.39 Å². The molecule has 2 heterocycles. The van der Waals surface area contributed by atoms with Crippen LogP contribution in [0.4, 0.5) is 10.2 Å². The lowest BCUT2D eigenvalue weighted by molar-refractivity contribution is 0.0529. The van der Waals surface area contributed by atoms with E-state index in [0.29, 0.717) is 23.7 Å². The highest BCUT2D eigenvalue weighted by Crippen LogP contribution is 2.26. The fraction of sp³-hybridized carbons (Fsp3) is 0.353. The second kappa shape index (κ2) is 6.32. The number of pyridine rings is 1. The molecule has 0 N–H and O–H groups in total. The lowest BCUT2D eigenvalue weighted by Gasteiger charge is -2.32. The molecule has 1 fully saturated rings. The van der Waals surface area contributed by atoms with Crippen molar-refractivity contribution >= 4 is 5.82 Å². The van der Waals surface area contributed by atoms with E-state index in [0.717, 1.165) is 18.9 Å². The van der Waals surface area contributed by atoms with Crippen LogP contribution in [0.1, 0.15) is 12.5 Å². The Hall–Kier alpha value is -2.14. The third kappa shape index (κ3) is 3.36. The van der Waals surface area contributed by atoms with Crippen LogP contribution >= 0.6 is 0 Å². The van der Waals surface area contributed by atoms with Crippen molar-refractivity contribution in [1.82, 2.24) is 4.98 Å². The normalized spacial score (nSPS) is 18.3. The fourth-order valence-corrected chi connectivity index (χ4v) is 2.44. The van der Waals surface area contributed by atoms with Crippen LogP contribution in [0.3, 0.4) is 0 Å². The predicted octanol–water partition coefficient (Wildman–Crippen LogP) is 3.55. The van der Waals surface area contributed by atoms with Crippen LogP contribution in [-0.4, -0.2) is 30.8 Å². The molecule has 5 heteroatoms. The summed E-state index contributed by atoms with van der Waals surface area (Å²) in [5.74, 6) is 1.71. The predicted molar refractivity (Wildman–Crippen MR) is 83.1 cm³/mol. The molecule has 2 aromatic rings. The lowest BCUT2D eigenvalue weighted by atomic mass is 10.2. The van der Waals surface area contributed by atoms with E-state index >= 15 is 0 Å². The number of rotatable bonds is 3. The Balaban J connectivity index is 1.77. The summed E-state index contributed by atoms with van der Waals surface area (Å²) in [5, 5.41) is 0. The van der Waals surface area contributed by atoms with Crippen molar-refractivity contribution < 1.29 is 13.9 Å². The topological polar surface area (TPSA) is 34.6 Å². The van der Waals surface area contributed by atoms with Gasteiger partial charge >= 0.3 is 0 Å². The van der Waals surface area contributed by atoms with Crippen LogP contribution in [-0.2, 0) is 4.74 Å². The zero-order chi connectivity index (χ0) is 15.5. The third-order valence-electron chi connectivity index (χ3n) is 3.66. The molecular formula is C17H19FN2O2. The van der Waals surface area contributed by atoms with E-state index in [2.05, 4.69) is 9.88 Å². The van der Waals surface area contributed by atoms with Crippen molar-refractivity contribution in [2.75, 3.05) is 24.6 Å². The number of benzene rings is 1. The zero-order valence-electron chi connectivity index (χ0n) is 12.8. The van der Waals surface area contributed by atoms with Gasteiger partial charge in [-0.25, -0.2) is 9.37 Å². The molecule has 1 aliphatic rings. The van der Waals surface area contributed by atoms with E-state index < -0.39 is 0 Å². The van der Waals surface area contributed by atoms with Gasteiger partial charge in [-0.1, -0.05) is 6.07 Å². The monoisotopic (exact) mass is 302 g/mol. The van der Waals surface area contributed by atoms with Gasteiger partial charge in [0.1, 0.15) is 23.1 Å². The molecule has 0 amide bonds. The van der Waals surface area contributed by atoms with Crippen LogP contribution in [0.5, 0.6) is 11.5 Å². The Morgan fingerprint density at radius 1 is 1.27 bits per heavy atom. The molecule has 1 atom stereocenters. The average molecular weight is 302 g/mol. The second-order valence-corrected chi connectivity index (χ2v) is 5.49. The van der Waals surface area contributed by atoms with E-state index in [4.69, 9.17) is 9.47 Å². The van der Waals surface area contributed by atoms with Crippen molar-refractivity contribution in [3.8, 4) is 11.5 Å². The minimum absolute atomic E-state index is 0.186. The molecule has 1 aliphatic heterocycles. The van der Waals surface area contributed by atoms with Crippen LogP contribution in [0.2, 0.25) is 0 Å². The summed E-state index contributed by atoms with van der Waals surface area (Å²) in [6, 6.07) is 8.50. The van der Waals surface area contributed by atoms with Crippen molar-refractivity contribution in [3.05, 3.63) is 47.9 Å². The first-order valence-electron chi connectivity index (χ1n) is 7.38. The Morgan fingerprint density at radius 3 is 2.86 bits per heavy atom. The van der Waals surface area contributed by atoms with Crippen molar-refractivity contribution in [2.45, 2.75) is 20.0 Å². The summed E-state index contributed by atoms with van der Waals surface area (Å²) in [6.45, 7) is 6.07. The molecule has 1 saturated heterocycles. The standard InChI is InChI=1S/C17H19FN2O2/c1-12-3-4-14(9-16(12)18)22-15-5-6-19-17(10-15)20-7-8-21-13(2)11-20/h3-6,9-10,13H,7-8,11H2,1-2H3. The van der Waals surface area contributed by atoms with E-state index in [1.54, 1.807) is 31.3 Å². The third-order valence-corrected chi connectivity index (χ3v) is 3.66. The Labute approximate surface area is 129 Å². The highest BCUT2D eigenvalue weighted by Gasteiger charge is 2.18. The molecule has 116 valence electrons. The molecular weight excluding hydrogens is 283 g/mol. The number of ether oxygens (including phenoxy) is 2. The maximum absolute atomic E-state index is 13.6. The quantitative estimate of drug-likeness (QED) is 0.868. The number of hydrogen-bond acceptors (Lipinski definition) is 4. The number of hydrogen-bond donors (Lipinski definition) is 0. The lowest BCUT2D eigenvalue weighted by Crippen LogP contribution is -2.41. The fourth-order valence-electron chi connectivity index (χ4n) is 2.44. The minimum atomic E-state index is -0.270. The van der Waals surface area contributed by atoms with Crippen molar-refractivity contribution in [1.29, 1.82) is 0 Å². The maximum atomic E-state index is 13.6. The van der Waals surface area contributed by atoms with Crippen LogP contribution in [0.15, 0.2) is 36.5 Å². The van der Waals surface area contributed by atoms with Crippen LogP contribution in [0, 0.1) is 12.7 Å². The molecule has 1 aromatic carbocycles.